The van der Waals surface area contributed by atoms with E-state index in [1.165, 1.54) is 23.7 Å². The van der Waals surface area contributed by atoms with Gasteiger partial charge >= 0.3 is 0 Å². The topological polar surface area (TPSA) is 46.6 Å². The lowest BCUT2D eigenvalue weighted by Crippen LogP contribution is -2.33. The summed E-state index contributed by atoms with van der Waals surface area (Å²) in [6.07, 6.45) is 3.60. The van der Waals surface area contributed by atoms with Crippen molar-refractivity contribution in [1.82, 2.24) is 4.31 Å². The molecule has 6 heteroatoms. The van der Waals surface area contributed by atoms with Gasteiger partial charge in [-0.15, -0.1) is 0 Å². The highest BCUT2D eigenvalue weighted by molar-refractivity contribution is 7.88. The van der Waals surface area contributed by atoms with Crippen LogP contribution in [0.15, 0.2) is 24.3 Å². The maximum atomic E-state index is 13.6. The largest absolute Gasteiger partial charge is 0.494 e. The summed E-state index contributed by atoms with van der Waals surface area (Å²) in [4.78, 5) is 0. The summed E-state index contributed by atoms with van der Waals surface area (Å²) in [6.45, 7) is 0.764. The second-order valence-corrected chi connectivity index (χ2v) is 6.43. The maximum Gasteiger partial charge on any atom is 0.211 e. The van der Waals surface area contributed by atoms with Crippen LogP contribution in [0.2, 0.25) is 0 Å². The molecule has 0 atom stereocenters. The van der Waals surface area contributed by atoms with Crippen LogP contribution in [0.5, 0.6) is 5.75 Å². The molecule has 1 heterocycles. The van der Waals surface area contributed by atoms with Gasteiger partial charge in [-0.25, -0.2) is 12.8 Å². The molecule has 0 amide bonds. The SMILES string of the molecule is COc1ccc(C2=CCN(S(C)(=O)=O)CC2)cc1F. The number of halogens is 1. The summed E-state index contributed by atoms with van der Waals surface area (Å²) in [6, 6.07) is 4.78. The van der Waals surface area contributed by atoms with Crippen molar-refractivity contribution in [3.05, 3.63) is 35.7 Å². The Morgan fingerprint density at radius 3 is 2.58 bits per heavy atom. The van der Waals surface area contributed by atoms with E-state index in [-0.39, 0.29) is 5.75 Å². The molecule has 1 aliphatic rings. The van der Waals surface area contributed by atoms with E-state index in [9.17, 15) is 12.8 Å². The third kappa shape index (κ3) is 3.13. The van der Waals surface area contributed by atoms with E-state index < -0.39 is 15.8 Å². The zero-order chi connectivity index (χ0) is 14.0. The van der Waals surface area contributed by atoms with Gasteiger partial charge < -0.3 is 4.74 Å². The van der Waals surface area contributed by atoms with Crippen LogP contribution in [0.1, 0.15) is 12.0 Å². The zero-order valence-electron chi connectivity index (χ0n) is 10.9. The molecule has 0 unspecified atom stereocenters. The van der Waals surface area contributed by atoms with E-state index in [0.717, 1.165) is 11.1 Å². The first-order valence-corrected chi connectivity index (χ1v) is 7.74. The van der Waals surface area contributed by atoms with Crippen molar-refractivity contribution in [2.45, 2.75) is 6.42 Å². The Bertz CT molecular complexity index is 610. The molecule has 0 saturated heterocycles. The molecule has 19 heavy (non-hydrogen) atoms. The third-order valence-electron chi connectivity index (χ3n) is 3.16. The van der Waals surface area contributed by atoms with Crippen molar-refractivity contribution in [2.24, 2.45) is 0 Å². The minimum Gasteiger partial charge on any atom is -0.494 e. The normalized spacial score (nSPS) is 17.1. The molecule has 1 aromatic rings. The molecule has 2 rings (SSSR count). The number of methoxy groups -OCH3 is 1. The van der Waals surface area contributed by atoms with Crippen molar-refractivity contribution in [3.8, 4) is 5.75 Å². The maximum absolute atomic E-state index is 13.6. The molecule has 0 spiro atoms. The predicted octanol–water partition coefficient (Wildman–Crippen LogP) is 1.88. The first kappa shape index (κ1) is 14.0. The summed E-state index contributed by atoms with van der Waals surface area (Å²) in [5.41, 5.74) is 1.73. The van der Waals surface area contributed by atoms with E-state index in [1.807, 2.05) is 6.08 Å². The number of rotatable bonds is 3. The zero-order valence-corrected chi connectivity index (χ0v) is 11.7. The molecule has 104 valence electrons. The fourth-order valence-electron chi connectivity index (χ4n) is 2.08. The molecule has 4 nitrogen and oxygen atoms in total. The highest BCUT2D eigenvalue weighted by atomic mass is 32.2. The number of hydrogen-bond donors (Lipinski definition) is 0. The first-order chi connectivity index (χ1) is 8.91. The standard InChI is InChI=1S/C13H16FNO3S/c1-18-13-4-3-11(9-12(13)14)10-5-7-15(8-6-10)19(2,16)17/h3-5,9H,6-8H2,1-2H3. The van der Waals surface area contributed by atoms with Crippen LogP contribution in [-0.2, 0) is 10.0 Å². The van der Waals surface area contributed by atoms with Crippen LogP contribution in [0.3, 0.4) is 0 Å². The van der Waals surface area contributed by atoms with Crippen molar-refractivity contribution >= 4 is 15.6 Å². The van der Waals surface area contributed by atoms with Crippen molar-refractivity contribution in [1.29, 1.82) is 0 Å². The van der Waals surface area contributed by atoms with Crippen LogP contribution in [0.4, 0.5) is 4.39 Å². The molecule has 0 saturated carbocycles. The highest BCUT2D eigenvalue weighted by Gasteiger charge is 2.20. The second kappa shape index (κ2) is 5.30. The second-order valence-electron chi connectivity index (χ2n) is 4.45. The van der Waals surface area contributed by atoms with Gasteiger partial charge in [0.2, 0.25) is 10.0 Å². The van der Waals surface area contributed by atoms with Crippen LogP contribution >= 0.6 is 0 Å². The van der Waals surface area contributed by atoms with Gasteiger partial charge in [0, 0.05) is 13.1 Å². The number of sulfonamides is 1. The number of hydrogen-bond acceptors (Lipinski definition) is 3. The predicted molar refractivity (Wildman–Crippen MR) is 72.0 cm³/mol. The van der Waals surface area contributed by atoms with E-state index in [0.29, 0.717) is 19.5 Å². The number of ether oxygens (including phenoxy) is 1. The van der Waals surface area contributed by atoms with Gasteiger partial charge in [0.1, 0.15) is 0 Å². The molecule has 0 N–H and O–H groups in total. The highest BCUT2D eigenvalue weighted by Crippen LogP contribution is 2.27. The van der Waals surface area contributed by atoms with Gasteiger partial charge in [-0.3, -0.25) is 0 Å². The molecule has 0 aromatic heterocycles. The molecular weight excluding hydrogens is 269 g/mol. The van der Waals surface area contributed by atoms with Gasteiger partial charge in [0.05, 0.1) is 13.4 Å². The molecule has 0 aliphatic carbocycles. The fourth-order valence-corrected chi connectivity index (χ4v) is 2.85. The van der Waals surface area contributed by atoms with Crippen molar-refractivity contribution in [2.75, 3.05) is 26.5 Å². The van der Waals surface area contributed by atoms with E-state index >= 15 is 0 Å². The Morgan fingerprint density at radius 2 is 2.11 bits per heavy atom. The Balaban J connectivity index is 2.21. The summed E-state index contributed by atoms with van der Waals surface area (Å²) in [5.74, 6) is -0.204. The number of benzene rings is 1. The van der Waals surface area contributed by atoms with Crippen molar-refractivity contribution < 1.29 is 17.5 Å². The van der Waals surface area contributed by atoms with E-state index in [1.54, 1.807) is 12.1 Å². The van der Waals surface area contributed by atoms with E-state index in [4.69, 9.17) is 4.74 Å². The van der Waals surface area contributed by atoms with Gasteiger partial charge in [-0.1, -0.05) is 12.1 Å². The molecule has 0 fully saturated rings. The molecule has 1 aliphatic heterocycles. The fraction of sp³-hybridized carbons (Fsp3) is 0.385. The third-order valence-corrected chi connectivity index (χ3v) is 4.43. The van der Waals surface area contributed by atoms with Gasteiger partial charge in [-0.05, 0) is 29.7 Å². The summed E-state index contributed by atoms with van der Waals surface area (Å²) in [7, 11) is -1.74. The average molecular weight is 285 g/mol. The lowest BCUT2D eigenvalue weighted by Gasteiger charge is -2.24. The van der Waals surface area contributed by atoms with Gasteiger partial charge in [0.15, 0.2) is 11.6 Å². The summed E-state index contributed by atoms with van der Waals surface area (Å²) < 4.78 is 42.7. The van der Waals surface area contributed by atoms with Crippen LogP contribution in [0, 0.1) is 5.82 Å². The van der Waals surface area contributed by atoms with Gasteiger partial charge in [-0.2, -0.15) is 4.31 Å². The Morgan fingerprint density at radius 1 is 1.37 bits per heavy atom. The molecule has 0 bridgehead atoms. The molecular formula is C13H16FNO3S. The Labute approximate surface area is 112 Å². The lowest BCUT2D eigenvalue weighted by molar-refractivity contribution is 0.386. The van der Waals surface area contributed by atoms with E-state index in [2.05, 4.69) is 0 Å². The minimum absolute atomic E-state index is 0.206. The Kier molecular flexibility index (Phi) is 3.91. The van der Waals surface area contributed by atoms with Crippen LogP contribution < -0.4 is 4.74 Å². The quantitative estimate of drug-likeness (QED) is 0.852. The lowest BCUT2D eigenvalue weighted by atomic mass is 10.00. The summed E-state index contributed by atoms with van der Waals surface area (Å²) >= 11 is 0. The smallest absolute Gasteiger partial charge is 0.211 e. The van der Waals surface area contributed by atoms with Crippen LogP contribution in [0.25, 0.3) is 5.57 Å². The Hall–Kier alpha value is -1.40. The van der Waals surface area contributed by atoms with Gasteiger partial charge in [0.25, 0.3) is 0 Å². The average Bonchev–Trinajstić information content (AvgIpc) is 2.38. The first-order valence-electron chi connectivity index (χ1n) is 5.90. The molecule has 0 radical (unpaired) electrons. The molecule has 1 aromatic carbocycles. The number of nitrogens with zero attached hydrogens (tertiary/aromatic N) is 1. The summed E-state index contributed by atoms with van der Waals surface area (Å²) in [5, 5.41) is 0. The van der Waals surface area contributed by atoms with Crippen molar-refractivity contribution in [3.63, 3.8) is 0 Å². The monoisotopic (exact) mass is 285 g/mol. The van der Waals surface area contributed by atoms with Crippen LogP contribution in [-0.4, -0.2) is 39.2 Å². The minimum atomic E-state index is -3.16.